The maximum absolute atomic E-state index is 13.7. The average Bonchev–Trinajstić information content (AvgIpc) is 3.46. The third-order valence-electron chi connectivity index (χ3n) is 6.60. The molecule has 1 aliphatic rings. The Morgan fingerprint density at radius 1 is 1.24 bits per heavy atom. The number of aromatic nitrogens is 2. The van der Waals surface area contributed by atoms with Gasteiger partial charge in [0.05, 0.1) is 23.7 Å². The highest BCUT2D eigenvalue weighted by Gasteiger charge is 2.51. The summed E-state index contributed by atoms with van der Waals surface area (Å²) < 4.78 is 1.02. The van der Waals surface area contributed by atoms with Crippen LogP contribution in [0.1, 0.15) is 35.7 Å². The van der Waals surface area contributed by atoms with Crippen LogP contribution >= 0.6 is 11.3 Å². The van der Waals surface area contributed by atoms with Crippen molar-refractivity contribution >= 4 is 50.1 Å². The highest BCUT2D eigenvalue weighted by molar-refractivity contribution is 7.17. The van der Waals surface area contributed by atoms with Crippen LogP contribution in [0.25, 0.3) is 21.0 Å². The molecule has 174 valence electrons. The van der Waals surface area contributed by atoms with Crippen LogP contribution in [0.3, 0.4) is 0 Å². The van der Waals surface area contributed by atoms with Crippen LogP contribution in [-0.4, -0.2) is 61.5 Å². The summed E-state index contributed by atoms with van der Waals surface area (Å²) in [6.45, 7) is 2.57. The zero-order chi connectivity index (χ0) is 23.9. The molecule has 1 saturated heterocycles. The summed E-state index contributed by atoms with van der Waals surface area (Å²) in [7, 11) is 0. The molecule has 0 saturated carbocycles. The number of H-pyrrole nitrogens is 1. The number of hydrogen-bond acceptors (Lipinski definition) is 5. The van der Waals surface area contributed by atoms with E-state index in [1.807, 2.05) is 47.8 Å². The van der Waals surface area contributed by atoms with Crippen LogP contribution in [0.5, 0.6) is 0 Å². The largest absolute Gasteiger partial charge is 0.481 e. The van der Waals surface area contributed by atoms with E-state index in [0.717, 1.165) is 26.6 Å². The smallest absolute Gasteiger partial charge is 0.305 e. The van der Waals surface area contributed by atoms with Gasteiger partial charge in [0.2, 0.25) is 5.91 Å². The van der Waals surface area contributed by atoms with Gasteiger partial charge in [-0.2, -0.15) is 5.10 Å². The van der Waals surface area contributed by atoms with Gasteiger partial charge in [-0.1, -0.05) is 30.3 Å². The molecule has 2 aromatic carbocycles. The maximum Gasteiger partial charge on any atom is 0.305 e. The Labute approximate surface area is 199 Å². The Balaban J connectivity index is 1.41. The molecule has 0 aliphatic carbocycles. The van der Waals surface area contributed by atoms with Gasteiger partial charge in [-0.25, -0.2) is 0 Å². The molecule has 0 bridgehead atoms. The van der Waals surface area contributed by atoms with E-state index in [1.54, 1.807) is 22.9 Å². The summed E-state index contributed by atoms with van der Waals surface area (Å²) >= 11 is 1.51. The van der Waals surface area contributed by atoms with E-state index in [4.69, 9.17) is 0 Å². The number of carboxylic acids is 1. The van der Waals surface area contributed by atoms with Crippen molar-refractivity contribution in [1.29, 1.82) is 0 Å². The number of hydrogen-bond donors (Lipinski definition) is 2. The van der Waals surface area contributed by atoms with Crippen molar-refractivity contribution in [3.63, 3.8) is 0 Å². The molecule has 4 aromatic rings. The number of nitrogens with zero attached hydrogens (tertiary/aromatic N) is 3. The molecule has 1 unspecified atom stereocenters. The number of likely N-dealkylation sites (tertiary alicyclic amines) is 1. The quantitative estimate of drug-likeness (QED) is 0.421. The highest BCUT2D eigenvalue weighted by Crippen LogP contribution is 2.36. The van der Waals surface area contributed by atoms with E-state index in [1.165, 1.54) is 11.3 Å². The molecule has 9 heteroatoms. The Bertz CT molecular complexity index is 1410. The van der Waals surface area contributed by atoms with Gasteiger partial charge < -0.3 is 14.9 Å². The molecule has 34 heavy (non-hydrogen) atoms. The minimum absolute atomic E-state index is 0.0637. The topological polar surface area (TPSA) is 107 Å². The fourth-order valence-electron chi connectivity index (χ4n) is 4.52. The fourth-order valence-corrected chi connectivity index (χ4v) is 5.46. The standard InChI is InChI=1S/C25H24N4O4S/c1-25(9-11-29(25)23(32)19-15-34-21-5-3-2-4-18(19)21)24(33)28(10-8-22(30)31)14-16-6-7-17-13-26-27-20(17)12-16/h2-7,12-13,15H,8-11,14H2,1H3,(H,26,27)(H,30,31). The summed E-state index contributed by atoms with van der Waals surface area (Å²) in [6.07, 6.45) is 2.08. The monoisotopic (exact) mass is 476 g/mol. The first-order valence-electron chi connectivity index (χ1n) is 11.1. The number of rotatable bonds is 7. The summed E-state index contributed by atoms with van der Waals surface area (Å²) in [5, 5.41) is 19.9. The number of amides is 2. The normalized spacial score (nSPS) is 17.6. The van der Waals surface area contributed by atoms with Gasteiger partial charge in [-0.3, -0.25) is 19.5 Å². The molecule has 2 aromatic heterocycles. The predicted molar refractivity (Wildman–Crippen MR) is 130 cm³/mol. The zero-order valence-corrected chi connectivity index (χ0v) is 19.5. The van der Waals surface area contributed by atoms with Gasteiger partial charge in [0.1, 0.15) is 5.54 Å². The average molecular weight is 477 g/mol. The molecule has 1 aliphatic heterocycles. The van der Waals surface area contributed by atoms with Gasteiger partial charge in [0.25, 0.3) is 5.91 Å². The summed E-state index contributed by atoms with van der Waals surface area (Å²) in [6, 6.07) is 13.5. The number of benzene rings is 2. The minimum atomic E-state index is -1.02. The lowest BCUT2D eigenvalue weighted by atomic mass is 9.84. The number of carbonyl (C=O) groups excluding carboxylic acids is 2. The summed E-state index contributed by atoms with van der Waals surface area (Å²) in [5.74, 6) is -1.38. The SMILES string of the molecule is CC1(C(=O)N(CCC(=O)O)Cc2ccc3cn[nH]c3c2)CCN1C(=O)c1csc2ccccc12. The van der Waals surface area contributed by atoms with Crippen LogP contribution in [0.4, 0.5) is 0 Å². The number of aliphatic carboxylic acids is 1. The maximum atomic E-state index is 13.7. The van der Waals surface area contributed by atoms with E-state index < -0.39 is 11.5 Å². The Kier molecular flexibility index (Phi) is 5.57. The van der Waals surface area contributed by atoms with Crippen molar-refractivity contribution in [1.82, 2.24) is 20.0 Å². The molecule has 2 N–H and O–H groups in total. The first kappa shape index (κ1) is 22.1. The number of fused-ring (bicyclic) bond motifs is 2. The molecule has 1 atom stereocenters. The molecule has 3 heterocycles. The Morgan fingerprint density at radius 3 is 2.82 bits per heavy atom. The second-order valence-corrected chi connectivity index (χ2v) is 9.70. The lowest BCUT2D eigenvalue weighted by Gasteiger charge is -2.50. The van der Waals surface area contributed by atoms with Crippen LogP contribution < -0.4 is 0 Å². The molecular formula is C25H24N4O4S. The van der Waals surface area contributed by atoms with Crippen molar-refractivity contribution in [3.05, 3.63) is 65.2 Å². The Morgan fingerprint density at radius 2 is 2.06 bits per heavy atom. The van der Waals surface area contributed by atoms with Gasteiger partial charge in [-0.15, -0.1) is 11.3 Å². The molecule has 8 nitrogen and oxygen atoms in total. The van der Waals surface area contributed by atoms with Crippen LogP contribution in [0.15, 0.2) is 54.0 Å². The first-order chi connectivity index (χ1) is 16.4. The fraction of sp³-hybridized carbons (Fsp3) is 0.280. The second-order valence-electron chi connectivity index (χ2n) is 8.79. The molecule has 1 fully saturated rings. The second kappa shape index (κ2) is 8.57. The molecule has 2 amide bonds. The number of aromatic amines is 1. The van der Waals surface area contributed by atoms with E-state index in [0.29, 0.717) is 18.5 Å². The number of carboxylic acid groups (broad SMARTS) is 1. The van der Waals surface area contributed by atoms with E-state index in [2.05, 4.69) is 10.2 Å². The van der Waals surface area contributed by atoms with Crippen LogP contribution in [0.2, 0.25) is 0 Å². The minimum Gasteiger partial charge on any atom is -0.481 e. The first-order valence-corrected chi connectivity index (χ1v) is 12.0. The lowest BCUT2D eigenvalue weighted by Crippen LogP contribution is -2.67. The zero-order valence-electron chi connectivity index (χ0n) is 18.7. The Hall–Kier alpha value is -3.72. The van der Waals surface area contributed by atoms with Gasteiger partial charge >= 0.3 is 5.97 Å². The molecule has 5 rings (SSSR count). The third-order valence-corrected chi connectivity index (χ3v) is 7.56. The van der Waals surface area contributed by atoms with Crippen LogP contribution in [-0.2, 0) is 16.1 Å². The third kappa shape index (κ3) is 3.81. The molecule has 0 spiro atoms. The van der Waals surface area contributed by atoms with E-state index in [-0.39, 0.29) is 31.3 Å². The van der Waals surface area contributed by atoms with E-state index in [9.17, 15) is 19.5 Å². The van der Waals surface area contributed by atoms with Crippen molar-refractivity contribution in [3.8, 4) is 0 Å². The van der Waals surface area contributed by atoms with Crippen molar-refractivity contribution in [2.75, 3.05) is 13.1 Å². The van der Waals surface area contributed by atoms with Crippen molar-refractivity contribution in [2.45, 2.75) is 31.8 Å². The van der Waals surface area contributed by atoms with Crippen molar-refractivity contribution in [2.24, 2.45) is 0 Å². The van der Waals surface area contributed by atoms with Crippen LogP contribution in [0, 0.1) is 0 Å². The number of nitrogens with one attached hydrogen (secondary N) is 1. The van der Waals surface area contributed by atoms with E-state index >= 15 is 0 Å². The highest BCUT2D eigenvalue weighted by atomic mass is 32.1. The summed E-state index contributed by atoms with van der Waals surface area (Å²) in [5.41, 5.74) is 1.29. The summed E-state index contributed by atoms with van der Waals surface area (Å²) in [4.78, 5) is 41.7. The number of thiophene rings is 1. The molecular weight excluding hydrogens is 452 g/mol. The molecule has 0 radical (unpaired) electrons. The van der Waals surface area contributed by atoms with Crippen molar-refractivity contribution < 1.29 is 19.5 Å². The number of carbonyl (C=O) groups is 3. The predicted octanol–water partition coefficient (Wildman–Crippen LogP) is 3.89. The van der Waals surface area contributed by atoms with Gasteiger partial charge in [-0.05, 0) is 31.0 Å². The van der Waals surface area contributed by atoms with Gasteiger partial charge in [0.15, 0.2) is 0 Å². The van der Waals surface area contributed by atoms with Gasteiger partial charge in [0, 0.05) is 40.5 Å². The lowest BCUT2D eigenvalue weighted by molar-refractivity contribution is -0.150.